The molecule has 0 saturated carbocycles. The highest BCUT2D eigenvalue weighted by molar-refractivity contribution is 5.84. The quantitative estimate of drug-likeness (QED) is 0.374. The molecule has 0 atom stereocenters. The Labute approximate surface area is 219 Å². The largest absolute Gasteiger partial charge is 0.508 e. The maximum absolute atomic E-state index is 10.7. The van der Waals surface area contributed by atoms with E-state index < -0.39 is 0 Å². The van der Waals surface area contributed by atoms with Gasteiger partial charge >= 0.3 is 0 Å². The minimum Gasteiger partial charge on any atom is -0.508 e. The standard InChI is InChI=1S/C30H36N4O3/c1-21-4-7-27(35)24(16-21)19-31-10-12-33-14-15-34(30(33)26-18-23(3)6-9-29(26)37)13-11-32-20-25-17-22(2)5-8-28(25)36/h4-9,16-20,30,35-37H,10-15H2,1-3H3. The molecule has 0 aromatic heterocycles. The van der Waals surface area contributed by atoms with E-state index in [1.807, 2.05) is 57.2 Å². The van der Waals surface area contributed by atoms with Crippen LogP contribution >= 0.6 is 0 Å². The Kier molecular flexibility index (Phi) is 8.58. The van der Waals surface area contributed by atoms with Gasteiger partial charge in [-0.1, -0.05) is 34.9 Å². The number of aromatic hydroxyl groups is 3. The predicted octanol–water partition coefficient (Wildman–Crippen LogP) is 4.58. The molecule has 0 spiro atoms. The number of aliphatic imine (C=N–C) groups is 2. The Morgan fingerprint density at radius 1 is 0.676 bits per heavy atom. The number of benzene rings is 3. The summed E-state index contributed by atoms with van der Waals surface area (Å²) in [7, 11) is 0. The van der Waals surface area contributed by atoms with E-state index in [0.29, 0.717) is 24.2 Å². The zero-order valence-corrected chi connectivity index (χ0v) is 21.8. The van der Waals surface area contributed by atoms with Gasteiger partial charge in [-0.15, -0.1) is 0 Å². The van der Waals surface area contributed by atoms with E-state index >= 15 is 0 Å². The first-order chi connectivity index (χ1) is 17.8. The molecule has 1 aliphatic rings. The van der Waals surface area contributed by atoms with Crippen molar-refractivity contribution in [3.8, 4) is 17.2 Å². The fourth-order valence-electron chi connectivity index (χ4n) is 4.73. The third-order valence-corrected chi connectivity index (χ3v) is 6.69. The molecule has 1 aliphatic heterocycles. The molecule has 1 saturated heterocycles. The summed E-state index contributed by atoms with van der Waals surface area (Å²) in [5.74, 6) is 0.737. The van der Waals surface area contributed by atoms with Crippen LogP contribution in [0.2, 0.25) is 0 Å². The number of phenols is 3. The third kappa shape index (κ3) is 6.76. The van der Waals surface area contributed by atoms with Crippen LogP contribution in [0.5, 0.6) is 17.2 Å². The number of phenolic OH excluding ortho intramolecular Hbond substituents is 3. The minimum absolute atomic E-state index is 0.0787. The van der Waals surface area contributed by atoms with Gasteiger partial charge in [0.15, 0.2) is 0 Å². The summed E-state index contributed by atoms with van der Waals surface area (Å²) in [4.78, 5) is 13.8. The van der Waals surface area contributed by atoms with Gasteiger partial charge in [0, 0.05) is 55.3 Å². The van der Waals surface area contributed by atoms with Crippen molar-refractivity contribution in [1.29, 1.82) is 0 Å². The van der Waals surface area contributed by atoms with Gasteiger partial charge in [-0.3, -0.25) is 19.8 Å². The van der Waals surface area contributed by atoms with Crippen molar-refractivity contribution in [3.63, 3.8) is 0 Å². The van der Waals surface area contributed by atoms with Gasteiger partial charge in [-0.25, -0.2) is 0 Å². The normalized spacial score (nSPS) is 16.9. The number of hydrogen-bond donors (Lipinski definition) is 3. The molecule has 0 amide bonds. The second kappa shape index (κ2) is 12.0. The summed E-state index contributed by atoms with van der Waals surface area (Å²) in [6.45, 7) is 10.3. The monoisotopic (exact) mass is 500 g/mol. The Hall–Kier alpha value is -3.68. The maximum atomic E-state index is 10.7. The van der Waals surface area contributed by atoms with E-state index in [-0.39, 0.29) is 23.4 Å². The Balaban J connectivity index is 1.45. The molecule has 3 N–H and O–H groups in total. The summed E-state index contributed by atoms with van der Waals surface area (Å²) in [6, 6.07) is 16.7. The minimum atomic E-state index is -0.0787. The van der Waals surface area contributed by atoms with E-state index in [0.717, 1.165) is 48.4 Å². The number of nitrogens with zero attached hydrogens (tertiary/aromatic N) is 4. The predicted molar refractivity (Wildman–Crippen MR) is 149 cm³/mol. The van der Waals surface area contributed by atoms with Gasteiger partial charge < -0.3 is 15.3 Å². The molecule has 7 nitrogen and oxygen atoms in total. The summed E-state index contributed by atoms with van der Waals surface area (Å²) in [5.41, 5.74) is 5.56. The smallest absolute Gasteiger partial charge is 0.124 e. The third-order valence-electron chi connectivity index (χ3n) is 6.69. The van der Waals surface area contributed by atoms with E-state index in [9.17, 15) is 15.3 Å². The zero-order chi connectivity index (χ0) is 26.4. The van der Waals surface area contributed by atoms with Gasteiger partial charge in [-0.2, -0.15) is 0 Å². The van der Waals surface area contributed by atoms with Crippen molar-refractivity contribution < 1.29 is 15.3 Å². The Morgan fingerprint density at radius 2 is 1.11 bits per heavy atom. The van der Waals surface area contributed by atoms with Gasteiger partial charge in [0.05, 0.1) is 19.3 Å². The molecule has 1 fully saturated rings. The molecular weight excluding hydrogens is 464 g/mol. The summed E-state index contributed by atoms with van der Waals surface area (Å²) in [6.07, 6.45) is 3.38. The van der Waals surface area contributed by atoms with Crippen LogP contribution in [0.3, 0.4) is 0 Å². The molecule has 0 unspecified atom stereocenters. The van der Waals surface area contributed by atoms with Crippen molar-refractivity contribution in [2.45, 2.75) is 26.9 Å². The van der Waals surface area contributed by atoms with Gasteiger partial charge in [0.25, 0.3) is 0 Å². The second-order valence-electron chi connectivity index (χ2n) is 9.70. The fourth-order valence-corrected chi connectivity index (χ4v) is 4.73. The molecule has 194 valence electrons. The average molecular weight is 501 g/mol. The lowest BCUT2D eigenvalue weighted by Crippen LogP contribution is -2.34. The molecule has 37 heavy (non-hydrogen) atoms. The lowest BCUT2D eigenvalue weighted by atomic mass is 10.1. The van der Waals surface area contributed by atoms with Crippen molar-refractivity contribution in [2.75, 3.05) is 39.3 Å². The SMILES string of the molecule is Cc1ccc(O)c(C=NCCN2CCN(CCN=Cc3cc(C)ccc3O)C2c2cc(C)ccc2O)c1. The number of aryl methyl sites for hydroxylation is 3. The van der Waals surface area contributed by atoms with Gasteiger partial charge in [-0.05, 0) is 57.2 Å². The van der Waals surface area contributed by atoms with Crippen molar-refractivity contribution in [3.05, 3.63) is 88.0 Å². The molecule has 0 radical (unpaired) electrons. The molecule has 4 rings (SSSR count). The summed E-state index contributed by atoms with van der Waals surface area (Å²) < 4.78 is 0. The molecule has 0 aliphatic carbocycles. The van der Waals surface area contributed by atoms with E-state index in [1.165, 1.54) is 0 Å². The molecule has 7 heteroatoms. The van der Waals surface area contributed by atoms with Crippen LogP contribution in [0.1, 0.15) is 39.5 Å². The highest BCUT2D eigenvalue weighted by atomic mass is 16.3. The molecule has 3 aromatic rings. The average Bonchev–Trinajstić information content (AvgIpc) is 3.27. The topological polar surface area (TPSA) is 91.9 Å². The van der Waals surface area contributed by atoms with E-state index in [2.05, 4.69) is 19.8 Å². The molecular formula is C30H36N4O3. The maximum Gasteiger partial charge on any atom is 0.124 e. The lowest BCUT2D eigenvalue weighted by Gasteiger charge is -2.31. The van der Waals surface area contributed by atoms with Crippen LogP contribution in [0.15, 0.2) is 64.6 Å². The first-order valence-corrected chi connectivity index (χ1v) is 12.7. The highest BCUT2D eigenvalue weighted by Gasteiger charge is 2.34. The van der Waals surface area contributed by atoms with Crippen molar-refractivity contribution in [2.24, 2.45) is 9.98 Å². The second-order valence-corrected chi connectivity index (χ2v) is 9.70. The van der Waals surface area contributed by atoms with Crippen LogP contribution in [0.4, 0.5) is 0 Å². The number of hydrogen-bond acceptors (Lipinski definition) is 7. The van der Waals surface area contributed by atoms with Crippen LogP contribution < -0.4 is 0 Å². The van der Waals surface area contributed by atoms with E-state index in [4.69, 9.17) is 0 Å². The van der Waals surface area contributed by atoms with Crippen LogP contribution in [0.25, 0.3) is 0 Å². The van der Waals surface area contributed by atoms with Gasteiger partial charge in [0.1, 0.15) is 17.2 Å². The van der Waals surface area contributed by atoms with Crippen molar-refractivity contribution in [1.82, 2.24) is 9.80 Å². The Bertz CT molecular complexity index is 1210. The fraction of sp³-hybridized carbons (Fsp3) is 0.333. The molecule has 3 aromatic carbocycles. The number of rotatable bonds is 9. The van der Waals surface area contributed by atoms with Crippen LogP contribution in [-0.2, 0) is 0 Å². The van der Waals surface area contributed by atoms with Crippen LogP contribution in [0, 0.1) is 20.8 Å². The van der Waals surface area contributed by atoms with Crippen LogP contribution in [-0.4, -0.2) is 76.8 Å². The first kappa shape index (κ1) is 26.4. The zero-order valence-electron chi connectivity index (χ0n) is 21.8. The lowest BCUT2D eigenvalue weighted by molar-refractivity contribution is 0.140. The summed E-state index contributed by atoms with van der Waals surface area (Å²) in [5, 5.41) is 30.9. The summed E-state index contributed by atoms with van der Waals surface area (Å²) >= 11 is 0. The Morgan fingerprint density at radius 3 is 1.59 bits per heavy atom. The molecule has 0 bridgehead atoms. The van der Waals surface area contributed by atoms with Gasteiger partial charge in [0.2, 0.25) is 0 Å². The highest BCUT2D eigenvalue weighted by Crippen LogP contribution is 2.35. The molecule has 1 heterocycles. The first-order valence-electron chi connectivity index (χ1n) is 12.7. The van der Waals surface area contributed by atoms with Crippen molar-refractivity contribution >= 4 is 12.4 Å². The van der Waals surface area contributed by atoms with E-state index in [1.54, 1.807) is 30.6 Å².